The molecule has 154 valence electrons. The minimum atomic E-state index is 0.250. The van der Waals surface area contributed by atoms with Crippen LogP contribution in [0.3, 0.4) is 0 Å². The highest BCUT2D eigenvalue weighted by Gasteiger charge is 2.14. The quantitative estimate of drug-likeness (QED) is 0.416. The van der Waals surface area contributed by atoms with Crippen molar-refractivity contribution in [3.8, 4) is 5.75 Å². The van der Waals surface area contributed by atoms with Crippen LogP contribution in [0.4, 0.5) is 0 Å². The number of nitrogens with zero attached hydrogens (tertiary/aromatic N) is 3. The molecule has 0 saturated heterocycles. The molecule has 1 heterocycles. The fourth-order valence-corrected chi connectivity index (χ4v) is 3.36. The third-order valence-corrected chi connectivity index (χ3v) is 4.72. The summed E-state index contributed by atoms with van der Waals surface area (Å²) in [7, 11) is 1.99. The molecule has 0 radical (unpaired) electrons. The van der Waals surface area contributed by atoms with Crippen molar-refractivity contribution in [1.29, 1.82) is 0 Å². The molecule has 28 heavy (non-hydrogen) atoms. The summed E-state index contributed by atoms with van der Waals surface area (Å²) < 4.78 is 7.80. The van der Waals surface area contributed by atoms with Crippen molar-refractivity contribution in [3.63, 3.8) is 0 Å². The maximum Gasteiger partial charge on any atom is 0.191 e. The summed E-state index contributed by atoms with van der Waals surface area (Å²) >= 11 is 0. The van der Waals surface area contributed by atoms with Gasteiger partial charge in [0, 0.05) is 25.3 Å². The molecule has 1 atom stereocenters. The molecule has 0 spiro atoms. The van der Waals surface area contributed by atoms with Crippen LogP contribution in [0.1, 0.15) is 41.9 Å². The Labute approximate surface area is 169 Å². The number of guanidine groups is 1. The van der Waals surface area contributed by atoms with E-state index in [0.717, 1.165) is 30.4 Å². The molecule has 1 aromatic carbocycles. The summed E-state index contributed by atoms with van der Waals surface area (Å²) in [6.45, 7) is 14.6. The number of aliphatic imine (C=N–C) groups is 1. The van der Waals surface area contributed by atoms with E-state index in [0.29, 0.717) is 13.2 Å². The molecule has 6 heteroatoms. The molecule has 0 fully saturated rings. The molecular formula is C22H35N5O. The first kappa shape index (κ1) is 21.8. The fraction of sp³-hybridized carbons (Fsp3) is 0.545. The molecule has 2 aromatic rings. The van der Waals surface area contributed by atoms with Crippen molar-refractivity contribution in [3.05, 3.63) is 46.3 Å². The first-order valence-corrected chi connectivity index (χ1v) is 10.0. The van der Waals surface area contributed by atoms with Crippen molar-refractivity contribution < 1.29 is 4.74 Å². The molecule has 2 N–H and O–H groups in total. The van der Waals surface area contributed by atoms with E-state index in [1.54, 1.807) is 0 Å². The number of aryl methyl sites for hydroxylation is 4. The van der Waals surface area contributed by atoms with Crippen LogP contribution in [-0.2, 0) is 13.5 Å². The summed E-state index contributed by atoms with van der Waals surface area (Å²) in [5.41, 5.74) is 6.04. The average molecular weight is 386 g/mol. The van der Waals surface area contributed by atoms with Gasteiger partial charge >= 0.3 is 0 Å². The van der Waals surface area contributed by atoms with Crippen LogP contribution in [0, 0.1) is 27.7 Å². The Morgan fingerprint density at radius 1 is 1.18 bits per heavy atom. The van der Waals surface area contributed by atoms with Gasteiger partial charge in [-0.05, 0) is 76.8 Å². The molecule has 6 nitrogen and oxygen atoms in total. The van der Waals surface area contributed by atoms with Gasteiger partial charge in [0.2, 0.25) is 0 Å². The average Bonchev–Trinajstić information content (AvgIpc) is 2.84. The molecule has 2 rings (SSSR count). The second kappa shape index (κ2) is 10.2. The molecule has 0 aliphatic rings. The van der Waals surface area contributed by atoms with E-state index in [9.17, 15) is 0 Å². The Balaban J connectivity index is 1.90. The maximum absolute atomic E-state index is 5.86. The van der Waals surface area contributed by atoms with Crippen molar-refractivity contribution in [1.82, 2.24) is 20.4 Å². The lowest BCUT2D eigenvalue weighted by Crippen LogP contribution is -2.43. The molecule has 0 aliphatic heterocycles. The van der Waals surface area contributed by atoms with Gasteiger partial charge in [0.15, 0.2) is 5.96 Å². The molecule has 0 saturated carbocycles. The van der Waals surface area contributed by atoms with E-state index in [-0.39, 0.29) is 6.04 Å². The van der Waals surface area contributed by atoms with Crippen LogP contribution in [0.5, 0.6) is 5.75 Å². The topological polar surface area (TPSA) is 63.5 Å². The lowest BCUT2D eigenvalue weighted by Gasteiger charge is -2.18. The Morgan fingerprint density at radius 2 is 1.86 bits per heavy atom. The number of hydrogen-bond acceptors (Lipinski definition) is 3. The standard InChI is InChI=1S/C22H35N5O/c1-8-23-22(24-9-10-28-20-12-15(2)11-16(3)13-20)25-17(4)14-21-18(5)26-27(7)19(21)6/h11-13,17H,8-10,14H2,1-7H3,(H2,23,24,25). The van der Waals surface area contributed by atoms with Gasteiger partial charge in [0.1, 0.15) is 12.4 Å². The monoisotopic (exact) mass is 385 g/mol. The van der Waals surface area contributed by atoms with Crippen molar-refractivity contribution in [2.24, 2.45) is 12.0 Å². The van der Waals surface area contributed by atoms with Crippen LogP contribution in [0.25, 0.3) is 0 Å². The first-order chi connectivity index (χ1) is 13.3. The summed E-state index contributed by atoms with van der Waals surface area (Å²) in [6.07, 6.45) is 0.912. The SMILES string of the molecule is CCNC(=NCCOc1cc(C)cc(C)c1)NC(C)Cc1c(C)nn(C)c1C. The second-order valence-corrected chi connectivity index (χ2v) is 7.46. The van der Waals surface area contributed by atoms with Gasteiger partial charge in [0.25, 0.3) is 0 Å². The third-order valence-electron chi connectivity index (χ3n) is 4.72. The van der Waals surface area contributed by atoms with Crippen LogP contribution >= 0.6 is 0 Å². The fourth-order valence-electron chi connectivity index (χ4n) is 3.36. The number of rotatable bonds is 8. The first-order valence-electron chi connectivity index (χ1n) is 10.0. The van der Waals surface area contributed by atoms with Gasteiger partial charge in [0.05, 0.1) is 12.2 Å². The molecule has 1 unspecified atom stereocenters. The maximum atomic E-state index is 5.86. The number of ether oxygens (including phenoxy) is 1. The normalized spacial score (nSPS) is 12.8. The second-order valence-electron chi connectivity index (χ2n) is 7.46. The Morgan fingerprint density at radius 3 is 2.43 bits per heavy atom. The van der Waals surface area contributed by atoms with Crippen molar-refractivity contribution in [2.45, 2.75) is 54.0 Å². The van der Waals surface area contributed by atoms with Gasteiger partial charge in [-0.1, -0.05) is 6.07 Å². The predicted octanol–water partition coefficient (Wildman–Crippen LogP) is 3.22. The Kier molecular flexibility index (Phi) is 7.91. The minimum absolute atomic E-state index is 0.250. The lowest BCUT2D eigenvalue weighted by molar-refractivity contribution is 0.328. The van der Waals surface area contributed by atoms with Crippen LogP contribution in [0.15, 0.2) is 23.2 Å². The molecular weight excluding hydrogens is 350 g/mol. The Hall–Kier alpha value is -2.50. The van der Waals surface area contributed by atoms with E-state index < -0.39 is 0 Å². The predicted molar refractivity (Wildman–Crippen MR) is 116 cm³/mol. The van der Waals surface area contributed by atoms with Gasteiger partial charge in [-0.2, -0.15) is 5.10 Å². The molecule has 0 amide bonds. The summed E-state index contributed by atoms with van der Waals surface area (Å²) in [5, 5.41) is 11.3. The number of benzene rings is 1. The lowest BCUT2D eigenvalue weighted by atomic mass is 10.1. The van der Waals surface area contributed by atoms with Gasteiger partial charge in [-0.25, -0.2) is 4.99 Å². The summed E-state index contributed by atoms with van der Waals surface area (Å²) in [4.78, 5) is 4.65. The van der Waals surface area contributed by atoms with Gasteiger partial charge in [-0.3, -0.25) is 4.68 Å². The van der Waals surface area contributed by atoms with Crippen molar-refractivity contribution >= 4 is 5.96 Å². The highest BCUT2D eigenvalue weighted by Crippen LogP contribution is 2.16. The minimum Gasteiger partial charge on any atom is -0.492 e. The van der Waals surface area contributed by atoms with E-state index in [4.69, 9.17) is 4.74 Å². The van der Waals surface area contributed by atoms with E-state index in [1.807, 2.05) is 11.7 Å². The largest absolute Gasteiger partial charge is 0.492 e. The highest BCUT2D eigenvalue weighted by molar-refractivity contribution is 5.80. The van der Waals surface area contributed by atoms with E-state index in [1.165, 1.54) is 22.4 Å². The van der Waals surface area contributed by atoms with Gasteiger partial charge in [-0.15, -0.1) is 0 Å². The third kappa shape index (κ3) is 6.29. The van der Waals surface area contributed by atoms with Gasteiger partial charge < -0.3 is 15.4 Å². The zero-order chi connectivity index (χ0) is 20.7. The molecule has 0 bridgehead atoms. The van der Waals surface area contributed by atoms with E-state index in [2.05, 4.69) is 80.5 Å². The van der Waals surface area contributed by atoms with Crippen LogP contribution in [0.2, 0.25) is 0 Å². The molecule has 0 aliphatic carbocycles. The Bertz CT molecular complexity index is 789. The summed E-state index contributed by atoms with van der Waals surface area (Å²) in [6, 6.07) is 6.51. The smallest absolute Gasteiger partial charge is 0.191 e. The highest BCUT2D eigenvalue weighted by atomic mass is 16.5. The van der Waals surface area contributed by atoms with Crippen molar-refractivity contribution in [2.75, 3.05) is 19.7 Å². The number of aromatic nitrogens is 2. The zero-order valence-corrected chi connectivity index (χ0v) is 18.4. The summed E-state index contributed by atoms with van der Waals surface area (Å²) in [5.74, 6) is 1.72. The zero-order valence-electron chi connectivity index (χ0n) is 18.4. The number of hydrogen-bond donors (Lipinski definition) is 2. The number of nitrogens with one attached hydrogen (secondary N) is 2. The molecule has 1 aromatic heterocycles. The van der Waals surface area contributed by atoms with Crippen LogP contribution < -0.4 is 15.4 Å². The van der Waals surface area contributed by atoms with E-state index >= 15 is 0 Å². The van der Waals surface area contributed by atoms with Crippen LogP contribution in [-0.4, -0.2) is 41.5 Å².